The van der Waals surface area contributed by atoms with Gasteiger partial charge in [-0.15, -0.1) is 17.5 Å². The first-order valence-electron chi connectivity index (χ1n) is 10.1. The molecule has 1 aromatic carbocycles. The van der Waals surface area contributed by atoms with Gasteiger partial charge in [-0.3, -0.25) is 9.59 Å². The number of hydrogen-bond donors (Lipinski definition) is 2. The number of alkyl halides is 2. The molecule has 2 amide bonds. The van der Waals surface area contributed by atoms with E-state index in [2.05, 4.69) is 15.5 Å². The van der Waals surface area contributed by atoms with Crippen LogP contribution in [-0.4, -0.2) is 63.3 Å². The number of nitrogens with two attached hydrogens (primary N) is 1. The molecular formula is C20H26Cl2F2N6O2. The number of carbonyl (C=O) groups is 2. The fourth-order valence-electron chi connectivity index (χ4n) is 3.34. The monoisotopic (exact) mass is 490 g/mol. The zero-order valence-electron chi connectivity index (χ0n) is 17.6. The second kappa shape index (κ2) is 11.0. The van der Waals surface area contributed by atoms with Crippen LogP contribution < -0.4 is 11.1 Å². The molecule has 1 fully saturated rings. The van der Waals surface area contributed by atoms with Gasteiger partial charge in [0.05, 0.1) is 24.0 Å². The highest BCUT2D eigenvalue weighted by Crippen LogP contribution is 2.27. The molecule has 1 atom stereocenters. The predicted molar refractivity (Wildman–Crippen MR) is 119 cm³/mol. The van der Waals surface area contributed by atoms with E-state index in [4.69, 9.17) is 17.3 Å². The van der Waals surface area contributed by atoms with Crippen molar-refractivity contribution in [1.29, 1.82) is 0 Å². The summed E-state index contributed by atoms with van der Waals surface area (Å²) in [6.07, 6.45) is 1.21. The lowest BCUT2D eigenvalue weighted by molar-refractivity contribution is -0.133. The third kappa shape index (κ3) is 6.60. The van der Waals surface area contributed by atoms with Crippen LogP contribution in [0.15, 0.2) is 24.3 Å². The number of hydrogen-bond acceptors (Lipinski definition) is 5. The molecule has 1 aliphatic heterocycles. The molecule has 176 valence electrons. The maximum absolute atomic E-state index is 13.2. The van der Waals surface area contributed by atoms with Crippen LogP contribution in [0.25, 0.3) is 5.69 Å². The minimum atomic E-state index is -2.83. The standard InChI is InChI=1S/C20H25ClF2N6O2.ClH/c1-13-17(27-29(26-13)15-7-5-14(21)6-8-15)18(30)25-10-3-2-4-16(24)19(31)28-11-9-20(22,23)12-28;/h5-8,16H,2-4,9-12,24H2,1H3,(H,25,30);1H/t16-;/m0./s1. The maximum atomic E-state index is 13.2. The highest BCUT2D eigenvalue weighted by atomic mass is 35.5. The summed E-state index contributed by atoms with van der Waals surface area (Å²) >= 11 is 5.88. The van der Waals surface area contributed by atoms with Crippen molar-refractivity contribution in [3.05, 3.63) is 40.7 Å². The van der Waals surface area contributed by atoms with Gasteiger partial charge in [-0.25, -0.2) is 8.78 Å². The number of benzene rings is 1. The van der Waals surface area contributed by atoms with E-state index >= 15 is 0 Å². The van der Waals surface area contributed by atoms with Crippen molar-refractivity contribution in [1.82, 2.24) is 25.2 Å². The Bertz CT molecular complexity index is 939. The van der Waals surface area contributed by atoms with Gasteiger partial charge >= 0.3 is 0 Å². The van der Waals surface area contributed by atoms with E-state index in [9.17, 15) is 18.4 Å². The summed E-state index contributed by atoms with van der Waals surface area (Å²) in [6, 6.07) is 6.10. The van der Waals surface area contributed by atoms with Crippen LogP contribution in [-0.2, 0) is 4.79 Å². The Morgan fingerprint density at radius 3 is 2.56 bits per heavy atom. The van der Waals surface area contributed by atoms with Crippen molar-refractivity contribution >= 4 is 35.8 Å². The first-order valence-corrected chi connectivity index (χ1v) is 10.4. The van der Waals surface area contributed by atoms with Crippen molar-refractivity contribution in [3.63, 3.8) is 0 Å². The molecule has 3 rings (SSSR count). The quantitative estimate of drug-likeness (QED) is 0.553. The topological polar surface area (TPSA) is 106 Å². The molecule has 0 unspecified atom stereocenters. The van der Waals surface area contributed by atoms with Gasteiger partial charge < -0.3 is 16.0 Å². The first-order chi connectivity index (χ1) is 14.7. The van der Waals surface area contributed by atoms with Crippen molar-refractivity contribution in [2.24, 2.45) is 5.73 Å². The van der Waals surface area contributed by atoms with Gasteiger partial charge in [0.15, 0.2) is 5.69 Å². The van der Waals surface area contributed by atoms with E-state index in [-0.39, 0.29) is 37.0 Å². The fourth-order valence-corrected chi connectivity index (χ4v) is 3.46. The van der Waals surface area contributed by atoms with Gasteiger partial charge in [0, 0.05) is 24.5 Å². The van der Waals surface area contributed by atoms with E-state index in [0.717, 1.165) is 4.90 Å². The number of aromatic nitrogens is 3. The third-order valence-corrected chi connectivity index (χ3v) is 5.33. The maximum Gasteiger partial charge on any atom is 0.273 e. The third-order valence-electron chi connectivity index (χ3n) is 5.08. The Morgan fingerprint density at radius 1 is 1.25 bits per heavy atom. The van der Waals surface area contributed by atoms with Crippen LogP contribution in [0.1, 0.15) is 41.9 Å². The van der Waals surface area contributed by atoms with Crippen LogP contribution >= 0.6 is 24.0 Å². The van der Waals surface area contributed by atoms with Crippen molar-refractivity contribution in [3.8, 4) is 5.69 Å². The average molecular weight is 491 g/mol. The fraction of sp³-hybridized carbons (Fsp3) is 0.500. The molecule has 0 radical (unpaired) electrons. The predicted octanol–water partition coefficient (Wildman–Crippen LogP) is 2.75. The molecule has 0 bridgehead atoms. The zero-order valence-corrected chi connectivity index (χ0v) is 19.1. The van der Waals surface area contributed by atoms with Gasteiger partial charge in [-0.05, 0) is 50.5 Å². The Kier molecular flexibility index (Phi) is 8.94. The summed E-state index contributed by atoms with van der Waals surface area (Å²) in [5.74, 6) is -3.62. The van der Waals surface area contributed by atoms with Gasteiger partial charge in [0.2, 0.25) is 5.91 Å². The summed E-state index contributed by atoms with van der Waals surface area (Å²) in [6.45, 7) is 1.53. The van der Waals surface area contributed by atoms with E-state index < -0.39 is 24.4 Å². The summed E-state index contributed by atoms with van der Waals surface area (Å²) in [5.41, 5.74) is 7.24. The van der Waals surface area contributed by atoms with E-state index in [1.165, 1.54) is 4.80 Å². The summed E-state index contributed by atoms with van der Waals surface area (Å²) < 4.78 is 26.5. The lowest BCUT2D eigenvalue weighted by Crippen LogP contribution is -2.43. The lowest BCUT2D eigenvalue weighted by Gasteiger charge is -2.20. The Hall–Kier alpha value is -2.30. The second-order valence-electron chi connectivity index (χ2n) is 7.62. The molecule has 0 spiro atoms. The van der Waals surface area contributed by atoms with E-state index in [0.29, 0.717) is 42.2 Å². The normalized spacial score (nSPS) is 15.8. The summed E-state index contributed by atoms with van der Waals surface area (Å²) in [5, 5.41) is 11.9. The molecule has 0 aliphatic carbocycles. The molecule has 1 saturated heterocycles. The largest absolute Gasteiger partial charge is 0.351 e. The van der Waals surface area contributed by atoms with Crippen molar-refractivity contribution in [2.45, 2.75) is 44.6 Å². The molecule has 12 heteroatoms. The number of carbonyl (C=O) groups excluding carboxylic acids is 2. The highest BCUT2D eigenvalue weighted by Gasteiger charge is 2.41. The number of unbranched alkanes of at least 4 members (excludes halogenated alkanes) is 1. The number of rotatable bonds is 8. The average Bonchev–Trinajstić information content (AvgIpc) is 3.29. The second-order valence-corrected chi connectivity index (χ2v) is 8.06. The van der Waals surface area contributed by atoms with Crippen LogP contribution in [0.3, 0.4) is 0 Å². The van der Waals surface area contributed by atoms with Gasteiger partial charge in [-0.2, -0.15) is 9.90 Å². The minimum absolute atomic E-state index is 0. The van der Waals surface area contributed by atoms with Crippen LogP contribution in [0, 0.1) is 6.92 Å². The number of halogens is 4. The van der Waals surface area contributed by atoms with E-state index in [1.807, 2.05) is 0 Å². The van der Waals surface area contributed by atoms with E-state index in [1.54, 1.807) is 31.2 Å². The molecule has 0 saturated carbocycles. The van der Waals surface area contributed by atoms with Gasteiger partial charge in [0.1, 0.15) is 0 Å². The number of nitrogens with zero attached hydrogens (tertiary/aromatic N) is 4. The first kappa shape index (κ1) is 26.0. The molecule has 3 N–H and O–H groups in total. The number of likely N-dealkylation sites (tertiary alicyclic amines) is 1. The Morgan fingerprint density at radius 2 is 1.94 bits per heavy atom. The molecule has 32 heavy (non-hydrogen) atoms. The zero-order chi connectivity index (χ0) is 22.6. The smallest absolute Gasteiger partial charge is 0.273 e. The SMILES string of the molecule is Cc1nn(-c2ccc(Cl)cc2)nc1C(=O)NCCCC[C@H](N)C(=O)N1CCC(F)(F)C1.Cl. The molecule has 1 aliphatic rings. The Labute approximate surface area is 195 Å². The van der Waals surface area contributed by atoms with Gasteiger partial charge in [0.25, 0.3) is 11.8 Å². The molecule has 2 heterocycles. The van der Waals surface area contributed by atoms with Gasteiger partial charge in [-0.1, -0.05) is 11.6 Å². The summed E-state index contributed by atoms with van der Waals surface area (Å²) in [4.78, 5) is 27.0. The van der Waals surface area contributed by atoms with Crippen LogP contribution in [0.2, 0.25) is 5.02 Å². The lowest BCUT2D eigenvalue weighted by atomic mass is 10.1. The number of aryl methyl sites for hydroxylation is 1. The van der Waals surface area contributed by atoms with Crippen molar-refractivity contribution in [2.75, 3.05) is 19.6 Å². The molecule has 8 nitrogen and oxygen atoms in total. The van der Waals surface area contributed by atoms with Crippen molar-refractivity contribution < 1.29 is 18.4 Å². The van der Waals surface area contributed by atoms with Crippen LogP contribution in [0.5, 0.6) is 0 Å². The number of amides is 2. The molecule has 1 aromatic heterocycles. The highest BCUT2D eigenvalue weighted by molar-refractivity contribution is 6.30. The Balaban J connectivity index is 0.00000363. The molecular weight excluding hydrogens is 465 g/mol. The summed E-state index contributed by atoms with van der Waals surface area (Å²) in [7, 11) is 0. The number of nitrogens with one attached hydrogen (secondary N) is 1. The molecule has 2 aromatic rings. The van der Waals surface area contributed by atoms with Crippen LogP contribution in [0.4, 0.5) is 8.78 Å². The minimum Gasteiger partial charge on any atom is -0.351 e.